The minimum atomic E-state index is -0.462. The average Bonchev–Trinajstić information content (AvgIpc) is 2.75. The standard InChI is InChI=1S/C22H22FN3O4S/c1-3-18-20(28)25-22(26(21(18)29)16-9-5-14(23)6-10-16)31-13-19(27)24-15-7-11-17(12-8-15)30-4-2/h5-12,28H,3-4,13H2,1-2H3,(H,24,27). The van der Waals surface area contributed by atoms with E-state index in [4.69, 9.17) is 4.74 Å². The van der Waals surface area contributed by atoms with Crippen molar-refractivity contribution in [1.82, 2.24) is 9.55 Å². The lowest BCUT2D eigenvalue weighted by Gasteiger charge is -2.14. The predicted octanol–water partition coefficient (Wildman–Crippen LogP) is 3.77. The molecule has 3 aromatic rings. The fraction of sp³-hybridized carbons (Fsp3) is 0.227. The summed E-state index contributed by atoms with van der Waals surface area (Å²) in [7, 11) is 0. The van der Waals surface area contributed by atoms with Gasteiger partial charge < -0.3 is 15.2 Å². The minimum absolute atomic E-state index is 0.0498. The van der Waals surface area contributed by atoms with Gasteiger partial charge in [-0.25, -0.2) is 4.39 Å². The van der Waals surface area contributed by atoms with Crippen molar-refractivity contribution < 1.29 is 19.0 Å². The maximum absolute atomic E-state index is 13.3. The van der Waals surface area contributed by atoms with Crippen LogP contribution in [0, 0.1) is 5.82 Å². The van der Waals surface area contributed by atoms with E-state index in [1.165, 1.54) is 28.8 Å². The summed E-state index contributed by atoms with van der Waals surface area (Å²) in [6, 6.07) is 12.3. The molecule has 0 saturated carbocycles. The van der Waals surface area contributed by atoms with Gasteiger partial charge in [-0.2, -0.15) is 4.98 Å². The van der Waals surface area contributed by atoms with Gasteiger partial charge in [0.2, 0.25) is 11.8 Å². The number of amides is 1. The topological polar surface area (TPSA) is 93.5 Å². The van der Waals surface area contributed by atoms with Crippen LogP contribution in [0.3, 0.4) is 0 Å². The molecule has 1 heterocycles. The second kappa shape index (κ2) is 10.1. The Morgan fingerprint density at radius 1 is 1.16 bits per heavy atom. The number of halogens is 1. The molecular formula is C22H22FN3O4S. The molecule has 3 rings (SSSR count). The Morgan fingerprint density at radius 2 is 1.84 bits per heavy atom. The largest absolute Gasteiger partial charge is 0.494 e. The summed E-state index contributed by atoms with van der Waals surface area (Å²) in [5, 5.41) is 13.0. The van der Waals surface area contributed by atoms with E-state index in [9.17, 15) is 19.1 Å². The number of hydrogen-bond acceptors (Lipinski definition) is 6. The SMILES string of the molecule is CCOc1ccc(NC(=O)CSc2nc(O)c(CC)c(=O)n2-c2ccc(F)cc2)cc1. The lowest BCUT2D eigenvalue weighted by molar-refractivity contribution is -0.113. The third-order valence-electron chi connectivity index (χ3n) is 4.34. The van der Waals surface area contributed by atoms with Crippen molar-refractivity contribution in [2.45, 2.75) is 25.4 Å². The van der Waals surface area contributed by atoms with E-state index in [2.05, 4.69) is 10.3 Å². The van der Waals surface area contributed by atoms with E-state index in [0.717, 1.165) is 11.8 Å². The molecule has 1 amide bonds. The molecule has 0 saturated heterocycles. The zero-order valence-corrected chi connectivity index (χ0v) is 17.9. The van der Waals surface area contributed by atoms with Gasteiger partial charge >= 0.3 is 0 Å². The van der Waals surface area contributed by atoms with Gasteiger partial charge in [0.05, 0.1) is 23.6 Å². The molecule has 0 aliphatic heterocycles. The van der Waals surface area contributed by atoms with Crippen molar-refractivity contribution in [3.05, 3.63) is 70.3 Å². The maximum Gasteiger partial charge on any atom is 0.265 e. The fourth-order valence-electron chi connectivity index (χ4n) is 2.88. The Bertz CT molecular complexity index is 1120. The first-order chi connectivity index (χ1) is 14.9. The maximum atomic E-state index is 13.3. The van der Waals surface area contributed by atoms with Crippen LogP contribution in [0.5, 0.6) is 11.6 Å². The van der Waals surface area contributed by atoms with Gasteiger partial charge in [0.15, 0.2) is 5.16 Å². The number of carbonyl (C=O) groups excluding carboxylic acids is 1. The van der Waals surface area contributed by atoms with E-state index < -0.39 is 11.4 Å². The first-order valence-corrected chi connectivity index (χ1v) is 10.7. The Morgan fingerprint density at radius 3 is 2.45 bits per heavy atom. The van der Waals surface area contributed by atoms with Crippen LogP contribution < -0.4 is 15.6 Å². The summed E-state index contributed by atoms with van der Waals surface area (Å²) in [6.45, 7) is 4.16. The predicted molar refractivity (Wildman–Crippen MR) is 118 cm³/mol. The number of anilines is 1. The van der Waals surface area contributed by atoms with E-state index in [0.29, 0.717) is 23.7 Å². The molecule has 0 atom stereocenters. The van der Waals surface area contributed by atoms with Crippen molar-refractivity contribution in [1.29, 1.82) is 0 Å². The Labute approximate surface area is 182 Å². The smallest absolute Gasteiger partial charge is 0.265 e. The van der Waals surface area contributed by atoms with Crippen LogP contribution in [0.2, 0.25) is 0 Å². The molecule has 2 N–H and O–H groups in total. The number of ether oxygens (including phenoxy) is 1. The molecule has 0 aliphatic carbocycles. The van der Waals surface area contributed by atoms with Crippen LogP contribution in [-0.2, 0) is 11.2 Å². The lowest BCUT2D eigenvalue weighted by Crippen LogP contribution is -2.25. The molecule has 0 fully saturated rings. The van der Waals surface area contributed by atoms with Gasteiger partial charge in [0.25, 0.3) is 5.56 Å². The Hall–Kier alpha value is -3.33. The van der Waals surface area contributed by atoms with Crippen LogP contribution in [-0.4, -0.2) is 32.9 Å². The van der Waals surface area contributed by atoms with Gasteiger partial charge in [-0.05, 0) is 61.9 Å². The molecule has 0 spiro atoms. The minimum Gasteiger partial charge on any atom is -0.494 e. The fourth-order valence-corrected chi connectivity index (χ4v) is 3.68. The summed E-state index contributed by atoms with van der Waals surface area (Å²) in [6.07, 6.45) is 0.280. The van der Waals surface area contributed by atoms with E-state index in [1.54, 1.807) is 31.2 Å². The first kappa shape index (κ1) is 22.4. The van der Waals surface area contributed by atoms with Crippen LogP contribution >= 0.6 is 11.8 Å². The Balaban J connectivity index is 1.81. The van der Waals surface area contributed by atoms with Crippen molar-refractivity contribution in [3.63, 3.8) is 0 Å². The number of aromatic nitrogens is 2. The highest BCUT2D eigenvalue weighted by Crippen LogP contribution is 2.23. The molecule has 2 aromatic carbocycles. The third kappa shape index (κ3) is 5.43. The van der Waals surface area contributed by atoms with Crippen LogP contribution in [0.25, 0.3) is 5.69 Å². The molecular weight excluding hydrogens is 421 g/mol. The third-order valence-corrected chi connectivity index (χ3v) is 5.28. The number of hydrogen-bond donors (Lipinski definition) is 2. The molecule has 0 unspecified atom stereocenters. The molecule has 31 heavy (non-hydrogen) atoms. The van der Waals surface area contributed by atoms with E-state index in [1.807, 2.05) is 6.92 Å². The number of carbonyl (C=O) groups is 1. The lowest BCUT2D eigenvalue weighted by atomic mass is 10.2. The van der Waals surface area contributed by atoms with Crippen molar-refractivity contribution >= 4 is 23.4 Å². The first-order valence-electron chi connectivity index (χ1n) is 9.69. The normalized spacial score (nSPS) is 10.7. The highest BCUT2D eigenvalue weighted by atomic mass is 32.2. The molecule has 0 aliphatic rings. The second-order valence-electron chi connectivity index (χ2n) is 6.46. The molecule has 162 valence electrons. The van der Waals surface area contributed by atoms with Crippen molar-refractivity contribution in [3.8, 4) is 17.3 Å². The van der Waals surface area contributed by atoms with Gasteiger partial charge in [0, 0.05) is 5.69 Å². The second-order valence-corrected chi connectivity index (χ2v) is 7.40. The number of benzene rings is 2. The highest BCUT2D eigenvalue weighted by molar-refractivity contribution is 7.99. The van der Waals surface area contributed by atoms with Gasteiger partial charge in [-0.1, -0.05) is 18.7 Å². The number of aromatic hydroxyl groups is 1. The quantitative estimate of drug-likeness (QED) is 0.407. The summed E-state index contributed by atoms with van der Waals surface area (Å²) < 4.78 is 20.0. The van der Waals surface area contributed by atoms with Gasteiger partial charge in [0.1, 0.15) is 11.6 Å². The monoisotopic (exact) mass is 443 g/mol. The summed E-state index contributed by atoms with van der Waals surface area (Å²) in [4.78, 5) is 29.4. The van der Waals surface area contributed by atoms with Gasteiger partial charge in [-0.3, -0.25) is 14.2 Å². The molecule has 9 heteroatoms. The van der Waals surface area contributed by atoms with E-state index in [-0.39, 0.29) is 34.7 Å². The van der Waals surface area contributed by atoms with E-state index >= 15 is 0 Å². The van der Waals surface area contributed by atoms with Crippen molar-refractivity contribution in [2.75, 3.05) is 17.7 Å². The van der Waals surface area contributed by atoms with Crippen LogP contribution in [0.1, 0.15) is 19.4 Å². The molecule has 0 bridgehead atoms. The molecule has 0 radical (unpaired) electrons. The average molecular weight is 444 g/mol. The Kier molecular flexibility index (Phi) is 7.30. The summed E-state index contributed by atoms with van der Waals surface area (Å²) in [5.74, 6) is -0.475. The van der Waals surface area contributed by atoms with Crippen molar-refractivity contribution in [2.24, 2.45) is 0 Å². The zero-order chi connectivity index (χ0) is 22.4. The van der Waals surface area contributed by atoms with Crippen LogP contribution in [0.4, 0.5) is 10.1 Å². The van der Waals surface area contributed by atoms with Crippen LogP contribution in [0.15, 0.2) is 58.5 Å². The molecule has 1 aromatic heterocycles. The summed E-state index contributed by atoms with van der Waals surface area (Å²) >= 11 is 0.994. The molecule has 7 nitrogen and oxygen atoms in total. The highest BCUT2D eigenvalue weighted by Gasteiger charge is 2.18. The number of rotatable bonds is 8. The summed E-state index contributed by atoms with van der Waals surface area (Å²) in [5.41, 5.74) is 0.675. The number of nitrogens with zero attached hydrogens (tertiary/aromatic N) is 2. The van der Waals surface area contributed by atoms with Gasteiger partial charge in [-0.15, -0.1) is 0 Å². The number of thioether (sulfide) groups is 1. The zero-order valence-electron chi connectivity index (χ0n) is 17.1. The number of nitrogens with one attached hydrogen (secondary N) is 1.